The lowest BCUT2D eigenvalue weighted by molar-refractivity contribution is -0.143. The first-order valence-electron chi connectivity index (χ1n) is 5.86. The first-order valence-corrected chi connectivity index (χ1v) is 5.86. The zero-order valence-corrected chi connectivity index (χ0v) is 9.33. The fraction of sp³-hybridized carbons (Fsp3) is 0.917. The second-order valence-corrected chi connectivity index (χ2v) is 4.81. The van der Waals surface area contributed by atoms with Crippen molar-refractivity contribution in [3.8, 4) is 0 Å². The van der Waals surface area contributed by atoms with E-state index in [0.29, 0.717) is 0 Å². The van der Waals surface area contributed by atoms with Crippen LogP contribution in [0, 0.1) is 17.8 Å². The zero-order chi connectivity index (χ0) is 10.6. The summed E-state index contributed by atoms with van der Waals surface area (Å²) >= 11 is 0. The maximum atomic E-state index is 10.7. The van der Waals surface area contributed by atoms with Crippen molar-refractivity contribution in [2.75, 3.05) is 0 Å². The lowest BCUT2D eigenvalue weighted by atomic mass is 9.78. The van der Waals surface area contributed by atoms with Gasteiger partial charge in [-0.2, -0.15) is 0 Å². The van der Waals surface area contributed by atoms with Crippen molar-refractivity contribution in [2.45, 2.75) is 52.4 Å². The van der Waals surface area contributed by atoms with Gasteiger partial charge >= 0.3 is 5.97 Å². The van der Waals surface area contributed by atoms with Crippen LogP contribution in [0.4, 0.5) is 0 Å². The third-order valence-corrected chi connectivity index (χ3v) is 3.63. The molecule has 0 aromatic rings. The summed E-state index contributed by atoms with van der Waals surface area (Å²) in [5.74, 6) is 0.956. The van der Waals surface area contributed by atoms with Crippen molar-refractivity contribution in [2.24, 2.45) is 17.8 Å². The highest BCUT2D eigenvalue weighted by Gasteiger charge is 2.26. The van der Waals surface area contributed by atoms with Gasteiger partial charge in [0, 0.05) is 0 Å². The van der Waals surface area contributed by atoms with E-state index >= 15 is 0 Å². The number of rotatable bonds is 4. The van der Waals surface area contributed by atoms with Gasteiger partial charge in [-0.05, 0) is 43.9 Å². The third-order valence-electron chi connectivity index (χ3n) is 3.63. The minimum atomic E-state index is -0.591. The molecule has 82 valence electrons. The van der Waals surface area contributed by atoms with E-state index in [2.05, 4.69) is 13.8 Å². The second-order valence-electron chi connectivity index (χ2n) is 4.81. The van der Waals surface area contributed by atoms with Gasteiger partial charge < -0.3 is 5.11 Å². The van der Waals surface area contributed by atoms with Crippen LogP contribution in [-0.2, 0) is 4.79 Å². The topological polar surface area (TPSA) is 37.3 Å². The number of aliphatic carboxylic acids is 1. The van der Waals surface area contributed by atoms with Crippen LogP contribution >= 0.6 is 0 Å². The molecular weight excluding hydrogens is 176 g/mol. The molecule has 0 bridgehead atoms. The predicted octanol–water partition coefficient (Wildman–Crippen LogP) is 3.31. The first-order chi connectivity index (χ1) is 6.63. The molecule has 0 amide bonds. The molecule has 0 aromatic carbocycles. The number of carboxylic acid groups (broad SMARTS) is 1. The molecule has 0 spiro atoms. The summed E-state index contributed by atoms with van der Waals surface area (Å²) in [6.45, 7) is 4.52. The van der Waals surface area contributed by atoms with Crippen LogP contribution in [-0.4, -0.2) is 11.1 Å². The molecule has 0 heterocycles. The molecule has 0 aliphatic heterocycles. The summed E-state index contributed by atoms with van der Waals surface area (Å²) < 4.78 is 0. The molecule has 0 radical (unpaired) electrons. The Morgan fingerprint density at radius 2 is 1.93 bits per heavy atom. The average Bonchev–Trinajstić information content (AvgIpc) is 2.18. The van der Waals surface area contributed by atoms with E-state index in [0.717, 1.165) is 37.5 Å². The Morgan fingerprint density at radius 1 is 1.36 bits per heavy atom. The van der Waals surface area contributed by atoms with Gasteiger partial charge in [0.1, 0.15) is 0 Å². The standard InChI is InChI=1S/C12H22O2/c1-3-9(2)8-10-4-6-11(7-5-10)12(13)14/h9-11H,3-8H2,1-2H3,(H,13,14)/t9-,10?,11?/m0/s1. The van der Waals surface area contributed by atoms with E-state index in [1.807, 2.05) is 0 Å². The Labute approximate surface area is 86.7 Å². The van der Waals surface area contributed by atoms with E-state index in [-0.39, 0.29) is 5.92 Å². The summed E-state index contributed by atoms with van der Waals surface area (Å²) in [5, 5.41) is 8.85. The van der Waals surface area contributed by atoms with E-state index in [1.165, 1.54) is 12.8 Å². The average molecular weight is 198 g/mol. The van der Waals surface area contributed by atoms with Crippen molar-refractivity contribution in [3.05, 3.63) is 0 Å². The number of carbonyl (C=O) groups is 1. The van der Waals surface area contributed by atoms with Gasteiger partial charge in [0.05, 0.1) is 5.92 Å². The van der Waals surface area contributed by atoms with E-state index in [1.54, 1.807) is 0 Å². The fourth-order valence-electron chi connectivity index (χ4n) is 2.38. The molecule has 0 saturated heterocycles. The lowest BCUT2D eigenvalue weighted by Crippen LogP contribution is -2.22. The summed E-state index contributed by atoms with van der Waals surface area (Å²) in [6, 6.07) is 0. The number of carboxylic acids is 1. The first kappa shape index (κ1) is 11.5. The van der Waals surface area contributed by atoms with Crippen molar-refractivity contribution in [3.63, 3.8) is 0 Å². The molecule has 1 rings (SSSR count). The number of hydrogen-bond donors (Lipinski definition) is 1. The van der Waals surface area contributed by atoms with Crippen LogP contribution in [0.25, 0.3) is 0 Å². The molecule has 2 heteroatoms. The molecule has 14 heavy (non-hydrogen) atoms. The van der Waals surface area contributed by atoms with Gasteiger partial charge in [-0.1, -0.05) is 20.3 Å². The molecular formula is C12H22O2. The van der Waals surface area contributed by atoms with Crippen molar-refractivity contribution < 1.29 is 9.90 Å². The van der Waals surface area contributed by atoms with Crippen LogP contribution in [0.5, 0.6) is 0 Å². The highest BCUT2D eigenvalue weighted by Crippen LogP contribution is 2.33. The van der Waals surface area contributed by atoms with E-state index in [9.17, 15) is 4.79 Å². The van der Waals surface area contributed by atoms with Crippen LogP contribution < -0.4 is 0 Å². The SMILES string of the molecule is CC[C@H](C)CC1CCC(C(=O)O)CC1. The quantitative estimate of drug-likeness (QED) is 0.752. The minimum absolute atomic E-state index is 0.0526. The van der Waals surface area contributed by atoms with Crippen molar-refractivity contribution in [1.82, 2.24) is 0 Å². The summed E-state index contributed by atoms with van der Waals surface area (Å²) in [4.78, 5) is 10.7. The Bertz CT molecular complexity index is 181. The van der Waals surface area contributed by atoms with Crippen LogP contribution in [0.2, 0.25) is 0 Å². The van der Waals surface area contributed by atoms with E-state index in [4.69, 9.17) is 5.11 Å². The maximum Gasteiger partial charge on any atom is 0.306 e. The number of hydrogen-bond acceptors (Lipinski definition) is 1. The lowest BCUT2D eigenvalue weighted by Gasteiger charge is -2.27. The minimum Gasteiger partial charge on any atom is -0.481 e. The Balaban J connectivity index is 2.25. The second kappa shape index (κ2) is 5.38. The van der Waals surface area contributed by atoms with Gasteiger partial charge in [-0.25, -0.2) is 0 Å². The zero-order valence-electron chi connectivity index (χ0n) is 9.33. The fourth-order valence-corrected chi connectivity index (χ4v) is 2.38. The van der Waals surface area contributed by atoms with Crippen LogP contribution in [0.3, 0.4) is 0 Å². The maximum absolute atomic E-state index is 10.7. The van der Waals surface area contributed by atoms with Gasteiger partial charge in [0.15, 0.2) is 0 Å². The largest absolute Gasteiger partial charge is 0.481 e. The van der Waals surface area contributed by atoms with Crippen LogP contribution in [0.1, 0.15) is 52.4 Å². The van der Waals surface area contributed by atoms with Crippen LogP contribution in [0.15, 0.2) is 0 Å². The highest BCUT2D eigenvalue weighted by molar-refractivity contribution is 5.69. The summed E-state index contributed by atoms with van der Waals surface area (Å²) in [5.41, 5.74) is 0. The van der Waals surface area contributed by atoms with Crippen molar-refractivity contribution in [1.29, 1.82) is 0 Å². The molecule has 1 fully saturated rings. The molecule has 2 nitrogen and oxygen atoms in total. The van der Waals surface area contributed by atoms with Gasteiger partial charge in [-0.15, -0.1) is 0 Å². The van der Waals surface area contributed by atoms with Gasteiger partial charge in [-0.3, -0.25) is 4.79 Å². The predicted molar refractivity (Wildman–Crippen MR) is 57.2 cm³/mol. The van der Waals surface area contributed by atoms with Crippen molar-refractivity contribution >= 4 is 5.97 Å². The normalized spacial score (nSPS) is 29.9. The molecule has 1 saturated carbocycles. The molecule has 0 aromatic heterocycles. The molecule has 1 N–H and O–H groups in total. The van der Waals surface area contributed by atoms with Gasteiger partial charge in [0.25, 0.3) is 0 Å². The molecule has 1 aliphatic rings. The summed E-state index contributed by atoms with van der Waals surface area (Å²) in [7, 11) is 0. The Hall–Kier alpha value is -0.530. The third kappa shape index (κ3) is 3.32. The Kier molecular flexibility index (Phi) is 4.43. The Morgan fingerprint density at radius 3 is 2.36 bits per heavy atom. The smallest absolute Gasteiger partial charge is 0.306 e. The van der Waals surface area contributed by atoms with Gasteiger partial charge in [0.2, 0.25) is 0 Å². The molecule has 0 unspecified atom stereocenters. The van der Waals surface area contributed by atoms with E-state index < -0.39 is 5.97 Å². The molecule has 1 atom stereocenters. The molecule has 1 aliphatic carbocycles. The highest BCUT2D eigenvalue weighted by atomic mass is 16.4. The summed E-state index contributed by atoms with van der Waals surface area (Å²) in [6.07, 6.45) is 6.59. The monoisotopic (exact) mass is 198 g/mol.